The van der Waals surface area contributed by atoms with Crippen LogP contribution in [0.3, 0.4) is 0 Å². The molecule has 2 heterocycles. The molecule has 5 nitrogen and oxygen atoms in total. The highest BCUT2D eigenvalue weighted by molar-refractivity contribution is 5.75. The number of hydrogen-bond donors (Lipinski definition) is 2. The molecule has 2 saturated carbocycles. The Morgan fingerprint density at radius 2 is 1.93 bits per heavy atom. The van der Waals surface area contributed by atoms with Crippen molar-refractivity contribution in [1.29, 1.82) is 0 Å². The predicted octanol–water partition coefficient (Wildman–Crippen LogP) is 0.779. The van der Waals surface area contributed by atoms with Crippen LogP contribution >= 0.6 is 0 Å². The highest BCUT2D eigenvalue weighted by Gasteiger charge is 2.65. The van der Waals surface area contributed by atoms with E-state index < -0.39 is 0 Å². The average molecular weight is 395 g/mol. The second kappa shape index (κ2) is 7.55. The molecular weight excluding hydrogens is 352 g/mol. The van der Waals surface area contributed by atoms with Gasteiger partial charge in [0.2, 0.25) is 0 Å². The van der Waals surface area contributed by atoms with E-state index >= 15 is 0 Å². The Bertz CT molecular complexity index is 580. The molecule has 0 bridgehead atoms. The van der Waals surface area contributed by atoms with Crippen LogP contribution in [0, 0.1) is 23.2 Å². The minimum Gasteiger partial charge on any atom is -0.462 e. The van der Waals surface area contributed by atoms with Gasteiger partial charge in [-0.25, -0.2) is 0 Å². The van der Waals surface area contributed by atoms with E-state index in [0.29, 0.717) is 29.3 Å². The molecule has 0 unspecified atom stereocenters. The topological polar surface area (TPSA) is 59.9 Å². The smallest absolute Gasteiger partial charge is 0.315 e. The van der Waals surface area contributed by atoms with Gasteiger partial charge in [0.15, 0.2) is 0 Å². The molecule has 160 valence electrons. The summed E-state index contributed by atoms with van der Waals surface area (Å²) in [6, 6.07) is 1.29. The van der Waals surface area contributed by atoms with Gasteiger partial charge in [0, 0.05) is 5.92 Å². The molecule has 0 aromatic carbocycles. The van der Waals surface area contributed by atoms with Crippen molar-refractivity contribution in [2.45, 2.75) is 90.5 Å². The van der Waals surface area contributed by atoms with E-state index in [4.69, 9.17) is 9.47 Å². The molecule has 2 aliphatic carbocycles. The first-order valence-electron chi connectivity index (χ1n) is 11.8. The molecule has 0 amide bonds. The number of esters is 1. The van der Waals surface area contributed by atoms with E-state index in [1.165, 1.54) is 19.3 Å². The Hall–Kier alpha value is -0.650. The zero-order valence-electron chi connectivity index (χ0n) is 18.6. The van der Waals surface area contributed by atoms with Crippen LogP contribution in [0.4, 0.5) is 0 Å². The molecule has 4 fully saturated rings. The summed E-state index contributed by atoms with van der Waals surface area (Å²) in [7, 11) is 0. The molecule has 4 rings (SSSR count). The largest absolute Gasteiger partial charge is 0.462 e. The Balaban J connectivity index is 1.35. The van der Waals surface area contributed by atoms with Crippen LogP contribution in [0.25, 0.3) is 0 Å². The van der Waals surface area contributed by atoms with Gasteiger partial charge in [-0.1, -0.05) is 6.92 Å². The summed E-state index contributed by atoms with van der Waals surface area (Å²) in [5.41, 5.74) is 0.448. The molecule has 0 radical (unpaired) electrons. The fourth-order valence-corrected chi connectivity index (χ4v) is 7.04. The number of nitrogens with two attached hydrogens (primary N) is 1. The number of quaternary nitrogens is 2. The highest BCUT2D eigenvalue weighted by Crippen LogP contribution is 2.62. The van der Waals surface area contributed by atoms with E-state index in [9.17, 15) is 4.79 Å². The van der Waals surface area contributed by atoms with Crippen molar-refractivity contribution in [3.05, 3.63) is 0 Å². The average Bonchev–Trinajstić information content (AvgIpc) is 3.30. The minimum absolute atomic E-state index is 0.0659. The molecule has 6 atom stereocenters. The Morgan fingerprint density at radius 3 is 2.57 bits per heavy atom. The molecule has 4 aliphatic rings. The molecule has 5 heteroatoms. The highest BCUT2D eigenvalue weighted by atomic mass is 16.6. The van der Waals surface area contributed by atoms with Crippen LogP contribution in [0.15, 0.2) is 0 Å². The van der Waals surface area contributed by atoms with Crippen LogP contribution in [-0.2, 0) is 14.3 Å². The number of rotatable bonds is 7. The monoisotopic (exact) mass is 394 g/mol. The van der Waals surface area contributed by atoms with E-state index in [1.807, 2.05) is 0 Å². The van der Waals surface area contributed by atoms with E-state index in [2.05, 4.69) is 39.9 Å². The summed E-state index contributed by atoms with van der Waals surface area (Å²) in [4.78, 5) is 14.3. The number of hydrogen-bond acceptors (Lipinski definition) is 3. The third kappa shape index (κ3) is 3.63. The van der Waals surface area contributed by atoms with Crippen LogP contribution in [0.2, 0.25) is 0 Å². The van der Waals surface area contributed by atoms with Gasteiger partial charge in [-0.05, 0) is 71.1 Å². The van der Waals surface area contributed by atoms with Crippen molar-refractivity contribution >= 4 is 5.97 Å². The lowest BCUT2D eigenvalue weighted by molar-refractivity contribution is -0.952. The SMILES string of the molecule is CC(C)[NH+](CC[NH2+]C[C@H]1C(=O)O[C@@H]2C[C@@]3(C)CCC[C@@]4(CO4)[C@@H]3C[C@@H]21)C(C)C. The van der Waals surface area contributed by atoms with Gasteiger partial charge in [0.25, 0.3) is 0 Å². The Kier molecular flexibility index (Phi) is 5.56. The molecule has 0 aromatic rings. The third-order valence-corrected chi connectivity index (χ3v) is 8.62. The second-order valence-corrected chi connectivity index (χ2v) is 11.0. The molecule has 1 spiro atoms. The lowest BCUT2D eigenvalue weighted by Crippen LogP contribution is -3.19. The number of carbonyl (C=O) groups is 1. The number of carbonyl (C=O) groups excluding carboxylic acids is 1. The van der Waals surface area contributed by atoms with Crippen molar-refractivity contribution < 1.29 is 24.5 Å². The van der Waals surface area contributed by atoms with Gasteiger partial charge in [-0.15, -0.1) is 0 Å². The predicted molar refractivity (Wildman–Crippen MR) is 108 cm³/mol. The second-order valence-electron chi connectivity index (χ2n) is 11.0. The maximum atomic E-state index is 12.7. The zero-order chi connectivity index (χ0) is 20.1. The van der Waals surface area contributed by atoms with Crippen LogP contribution in [-0.4, -0.2) is 56.0 Å². The first-order chi connectivity index (χ1) is 13.3. The van der Waals surface area contributed by atoms with Crippen LogP contribution in [0.1, 0.15) is 66.7 Å². The summed E-state index contributed by atoms with van der Waals surface area (Å²) in [5.74, 6) is 1.17. The molecule has 28 heavy (non-hydrogen) atoms. The van der Waals surface area contributed by atoms with E-state index in [0.717, 1.165) is 39.1 Å². The normalized spacial score (nSPS) is 42.2. The summed E-state index contributed by atoms with van der Waals surface area (Å²) < 4.78 is 11.9. The first kappa shape index (κ1) is 20.6. The summed E-state index contributed by atoms with van der Waals surface area (Å²) >= 11 is 0. The fourth-order valence-electron chi connectivity index (χ4n) is 7.04. The van der Waals surface area contributed by atoms with Crippen molar-refractivity contribution in [3.8, 4) is 0 Å². The lowest BCUT2D eigenvalue weighted by Gasteiger charge is -2.51. The Morgan fingerprint density at radius 1 is 1.21 bits per heavy atom. The maximum Gasteiger partial charge on any atom is 0.315 e. The standard InChI is InChI=1S/C23H40N2O3/c1-15(2)25(16(3)4)10-9-24-13-18-17-11-20-22(5,12-19(17)28-21(18)26)7-6-8-23(20)14-27-23/h15-20,24H,6-14H2,1-5H3/p+2/t17-,18-,19-,20-,22-,23-/m1/s1. The number of ether oxygens (including phenoxy) is 2. The van der Waals surface area contributed by atoms with E-state index in [1.54, 1.807) is 4.90 Å². The zero-order valence-corrected chi connectivity index (χ0v) is 18.6. The van der Waals surface area contributed by atoms with Crippen molar-refractivity contribution in [2.75, 3.05) is 26.2 Å². The minimum atomic E-state index is 0.0659. The number of fused-ring (bicyclic) bond motifs is 3. The lowest BCUT2D eigenvalue weighted by atomic mass is 9.53. The fraction of sp³-hybridized carbons (Fsp3) is 0.957. The van der Waals surface area contributed by atoms with Crippen molar-refractivity contribution in [3.63, 3.8) is 0 Å². The van der Waals surface area contributed by atoms with Crippen molar-refractivity contribution in [2.24, 2.45) is 23.2 Å². The molecular formula is C23H42N2O3+2. The quantitative estimate of drug-likeness (QED) is 0.381. The summed E-state index contributed by atoms with van der Waals surface area (Å²) in [6.45, 7) is 15.7. The van der Waals surface area contributed by atoms with Gasteiger partial charge >= 0.3 is 5.97 Å². The van der Waals surface area contributed by atoms with Gasteiger partial charge in [0.05, 0.1) is 30.8 Å². The molecule has 0 aromatic heterocycles. The van der Waals surface area contributed by atoms with E-state index in [-0.39, 0.29) is 23.6 Å². The Labute approximate surface area is 170 Å². The third-order valence-electron chi connectivity index (χ3n) is 8.62. The van der Waals surface area contributed by atoms with Crippen molar-refractivity contribution in [1.82, 2.24) is 0 Å². The maximum absolute atomic E-state index is 12.7. The van der Waals surface area contributed by atoms with Gasteiger partial charge < -0.3 is 19.7 Å². The first-order valence-corrected chi connectivity index (χ1v) is 11.8. The number of nitrogens with one attached hydrogen (secondary N) is 1. The van der Waals surface area contributed by atoms with Crippen LogP contribution < -0.4 is 10.2 Å². The van der Waals surface area contributed by atoms with Gasteiger partial charge in [-0.2, -0.15) is 0 Å². The number of epoxide rings is 1. The van der Waals surface area contributed by atoms with Crippen LogP contribution in [0.5, 0.6) is 0 Å². The van der Waals surface area contributed by atoms with Gasteiger partial charge in [0.1, 0.15) is 25.1 Å². The molecule has 3 N–H and O–H groups in total. The van der Waals surface area contributed by atoms with Gasteiger partial charge in [-0.3, -0.25) is 4.79 Å². The summed E-state index contributed by atoms with van der Waals surface area (Å²) in [6.07, 6.45) is 6.08. The molecule has 2 saturated heterocycles. The summed E-state index contributed by atoms with van der Waals surface area (Å²) in [5, 5.41) is 2.37. The molecule has 2 aliphatic heterocycles.